The SMILES string of the molecule is [Si]CCC[CH2][Sn]. The molecule has 0 N–H and O–H groups in total. The molecule has 0 spiro atoms. The first-order valence-corrected chi connectivity index (χ1v) is 4.93. The first kappa shape index (κ1) is 7.02. The second kappa shape index (κ2) is 6.02. The van der Waals surface area contributed by atoms with Crippen molar-refractivity contribution >= 4 is 32.8 Å². The van der Waals surface area contributed by atoms with Gasteiger partial charge in [0.2, 0.25) is 0 Å². The molecule has 32 valence electrons. The minimum absolute atomic E-state index is 1.17. The summed E-state index contributed by atoms with van der Waals surface area (Å²) in [5, 5.41) is 0. The van der Waals surface area contributed by atoms with Gasteiger partial charge in [0.05, 0.1) is 0 Å². The number of hydrogen-bond acceptors (Lipinski definition) is 0. The Hall–Kier alpha value is 1.02. The molecule has 0 rings (SSSR count). The van der Waals surface area contributed by atoms with Crippen LogP contribution in [0.15, 0.2) is 0 Å². The van der Waals surface area contributed by atoms with E-state index in [2.05, 4.69) is 10.2 Å². The Kier molecular flexibility index (Phi) is 7.03. The zero-order chi connectivity index (χ0) is 4.83. The van der Waals surface area contributed by atoms with Crippen molar-refractivity contribution in [2.24, 2.45) is 0 Å². The maximum atomic E-state index is 3.40. The summed E-state index contributed by atoms with van der Waals surface area (Å²) >= 11 is 1.67. The van der Waals surface area contributed by atoms with Crippen LogP contribution in [-0.2, 0) is 0 Å². The molecule has 0 amide bonds. The molecular formula is C4H8SiSn. The van der Waals surface area contributed by atoms with Gasteiger partial charge in [-0.2, -0.15) is 0 Å². The van der Waals surface area contributed by atoms with E-state index in [0.717, 1.165) is 0 Å². The van der Waals surface area contributed by atoms with Crippen LogP contribution in [0.1, 0.15) is 12.8 Å². The summed E-state index contributed by atoms with van der Waals surface area (Å²) in [6.07, 6.45) is 2.75. The van der Waals surface area contributed by atoms with E-state index < -0.39 is 0 Å². The Morgan fingerprint density at radius 2 is 2.00 bits per heavy atom. The molecule has 0 heterocycles. The van der Waals surface area contributed by atoms with Crippen LogP contribution in [-0.4, -0.2) is 32.8 Å². The molecule has 2 heteroatoms. The Morgan fingerprint density at radius 1 is 1.33 bits per heavy atom. The molecule has 0 aliphatic carbocycles. The molecule has 0 nitrogen and oxygen atoms in total. The van der Waals surface area contributed by atoms with Crippen LogP contribution in [0.5, 0.6) is 0 Å². The number of unbranched alkanes of at least 4 members (excludes halogenated alkanes) is 1. The molecule has 0 unspecified atom stereocenters. The van der Waals surface area contributed by atoms with Crippen LogP contribution in [0.25, 0.3) is 0 Å². The topological polar surface area (TPSA) is 0 Å². The van der Waals surface area contributed by atoms with Gasteiger partial charge in [0.15, 0.2) is 0 Å². The van der Waals surface area contributed by atoms with Crippen molar-refractivity contribution in [1.29, 1.82) is 0 Å². The van der Waals surface area contributed by atoms with E-state index in [9.17, 15) is 0 Å². The van der Waals surface area contributed by atoms with Crippen molar-refractivity contribution in [3.05, 3.63) is 0 Å². The zero-order valence-corrected chi connectivity index (χ0v) is 7.68. The number of hydrogen-bond donors (Lipinski definition) is 0. The Morgan fingerprint density at radius 3 is 2.17 bits per heavy atom. The molecule has 0 aromatic carbocycles. The molecule has 0 aliphatic heterocycles. The fraction of sp³-hybridized carbons (Fsp3) is 1.00. The Balaban J connectivity index is 2.34. The number of rotatable bonds is 3. The Bertz CT molecular complexity index is 19.5. The third-order valence-electron chi connectivity index (χ3n) is 0.604. The predicted octanol–water partition coefficient (Wildman–Crippen LogP) is 0.940. The molecule has 0 bridgehead atoms. The van der Waals surface area contributed by atoms with Crippen molar-refractivity contribution in [3.63, 3.8) is 0 Å². The monoisotopic (exact) mass is 204 g/mol. The van der Waals surface area contributed by atoms with Crippen molar-refractivity contribution in [1.82, 2.24) is 0 Å². The summed E-state index contributed by atoms with van der Waals surface area (Å²) in [4.78, 5) is 0. The first-order valence-electron chi connectivity index (χ1n) is 2.21. The summed E-state index contributed by atoms with van der Waals surface area (Å²) < 4.78 is 1.41. The molecule has 0 aromatic rings. The van der Waals surface area contributed by atoms with Crippen molar-refractivity contribution < 1.29 is 0 Å². The van der Waals surface area contributed by atoms with Crippen LogP contribution in [0.2, 0.25) is 10.5 Å². The van der Waals surface area contributed by atoms with Gasteiger partial charge in [-0.1, -0.05) is 0 Å². The van der Waals surface area contributed by atoms with E-state index in [-0.39, 0.29) is 0 Å². The molecule has 0 aliphatic rings. The van der Waals surface area contributed by atoms with Crippen molar-refractivity contribution in [2.75, 3.05) is 0 Å². The van der Waals surface area contributed by atoms with Crippen LogP contribution in [0.4, 0.5) is 0 Å². The molecule has 0 atom stereocenters. The van der Waals surface area contributed by atoms with Gasteiger partial charge in [-0.3, -0.25) is 0 Å². The molecular weight excluding hydrogens is 195 g/mol. The van der Waals surface area contributed by atoms with E-state index in [0.29, 0.717) is 0 Å². The van der Waals surface area contributed by atoms with Crippen molar-refractivity contribution in [2.45, 2.75) is 23.3 Å². The van der Waals surface area contributed by atoms with Crippen LogP contribution in [0, 0.1) is 0 Å². The van der Waals surface area contributed by atoms with Gasteiger partial charge in [0.1, 0.15) is 0 Å². The molecule has 0 saturated heterocycles. The summed E-state index contributed by atoms with van der Waals surface area (Å²) in [6.45, 7) is 0. The zero-order valence-electron chi connectivity index (χ0n) is 3.83. The maximum absolute atomic E-state index is 3.40. The van der Waals surface area contributed by atoms with E-state index in [4.69, 9.17) is 0 Å². The van der Waals surface area contributed by atoms with E-state index in [1.165, 1.54) is 23.3 Å². The minimum atomic E-state index is 1.17. The molecule has 0 aromatic heterocycles. The van der Waals surface area contributed by atoms with Crippen molar-refractivity contribution in [3.8, 4) is 0 Å². The van der Waals surface area contributed by atoms with E-state index >= 15 is 0 Å². The summed E-state index contributed by atoms with van der Waals surface area (Å²) in [5.74, 6) is 0. The first-order chi connectivity index (χ1) is 2.91. The van der Waals surface area contributed by atoms with Gasteiger partial charge in [-0.15, -0.1) is 0 Å². The average molecular weight is 203 g/mol. The summed E-state index contributed by atoms with van der Waals surface area (Å²) in [6, 6.07) is 1.17. The average Bonchev–Trinajstić information content (AvgIpc) is 1.61. The van der Waals surface area contributed by atoms with Gasteiger partial charge in [-0.05, 0) is 0 Å². The standard InChI is InChI=1S/C4H8Si.Sn/c1-2-3-4-5;/h1-4H2;. The predicted molar refractivity (Wildman–Crippen MR) is 30.4 cm³/mol. The van der Waals surface area contributed by atoms with Gasteiger partial charge in [-0.25, -0.2) is 0 Å². The summed E-state index contributed by atoms with van der Waals surface area (Å²) in [7, 11) is 3.40. The second-order valence-corrected chi connectivity index (χ2v) is 3.13. The van der Waals surface area contributed by atoms with E-state index in [1.807, 2.05) is 0 Å². The van der Waals surface area contributed by atoms with Gasteiger partial charge in [0.25, 0.3) is 0 Å². The third kappa shape index (κ3) is 5.02. The molecule has 6 radical (unpaired) electrons. The fourth-order valence-electron chi connectivity index (χ4n) is 0.250. The second-order valence-electron chi connectivity index (χ2n) is 1.21. The normalized spacial score (nSPS) is 9.00. The van der Waals surface area contributed by atoms with Crippen LogP contribution in [0.3, 0.4) is 0 Å². The quantitative estimate of drug-likeness (QED) is 0.472. The summed E-state index contributed by atoms with van der Waals surface area (Å²) in [5.41, 5.74) is 0. The Labute approximate surface area is 56.2 Å². The van der Waals surface area contributed by atoms with Gasteiger partial charge in [0, 0.05) is 0 Å². The van der Waals surface area contributed by atoms with Crippen LogP contribution < -0.4 is 0 Å². The molecule has 0 saturated carbocycles. The van der Waals surface area contributed by atoms with Crippen LogP contribution >= 0.6 is 0 Å². The molecule has 6 heavy (non-hydrogen) atoms. The molecule has 0 fully saturated rings. The van der Waals surface area contributed by atoms with Gasteiger partial charge >= 0.3 is 56.1 Å². The third-order valence-corrected chi connectivity index (χ3v) is 1.97. The van der Waals surface area contributed by atoms with E-state index in [1.54, 1.807) is 22.5 Å². The van der Waals surface area contributed by atoms with Gasteiger partial charge < -0.3 is 0 Å². The fourth-order valence-corrected chi connectivity index (χ4v) is 1.21.